The highest BCUT2D eigenvalue weighted by Crippen LogP contribution is 2.21. The molecule has 0 spiro atoms. The molecule has 0 aliphatic carbocycles. The van der Waals surface area contributed by atoms with Crippen LogP contribution in [0.1, 0.15) is 35.2 Å². The summed E-state index contributed by atoms with van der Waals surface area (Å²) in [6.45, 7) is 6.87. The molecule has 2 heterocycles. The molecule has 0 radical (unpaired) electrons. The summed E-state index contributed by atoms with van der Waals surface area (Å²) in [4.78, 5) is 13.8. The first-order valence-electron chi connectivity index (χ1n) is 6.03. The lowest BCUT2D eigenvalue weighted by Crippen LogP contribution is -2.45. The lowest BCUT2D eigenvalue weighted by Gasteiger charge is -2.33. The normalized spacial score (nSPS) is 25.1. The number of likely N-dealkylation sites (tertiary alicyclic amines) is 1. The molecule has 1 N–H and O–H groups in total. The lowest BCUT2D eigenvalue weighted by atomic mass is 9.96. The van der Waals surface area contributed by atoms with E-state index >= 15 is 0 Å². The van der Waals surface area contributed by atoms with E-state index in [1.165, 1.54) is 0 Å². The van der Waals surface area contributed by atoms with Crippen molar-refractivity contribution in [3.8, 4) is 0 Å². The highest BCUT2D eigenvalue weighted by molar-refractivity contribution is 5.91. The van der Waals surface area contributed by atoms with Crippen molar-refractivity contribution in [2.24, 2.45) is 5.92 Å². The number of aliphatic hydroxyl groups is 1. The highest BCUT2D eigenvalue weighted by atomic mass is 16.4. The zero-order chi connectivity index (χ0) is 12.6. The molecule has 4 heteroatoms. The Morgan fingerprint density at radius 3 is 2.76 bits per heavy atom. The zero-order valence-corrected chi connectivity index (χ0v) is 10.6. The van der Waals surface area contributed by atoms with Crippen LogP contribution in [0.3, 0.4) is 0 Å². The average molecular weight is 237 g/mol. The molecule has 1 fully saturated rings. The van der Waals surface area contributed by atoms with Gasteiger partial charge in [-0.3, -0.25) is 4.79 Å². The first-order valence-corrected chi connectivity index (χ1v) is 6.03. The van der Waals surface area contributed by atoms with Crippen LogP contribution in [0, 0.1) is 19.8 Å². The average Bonchev–Trinajstić information content (AvgIpc) is 2.62. The van der Waals surface area contributed by atoms with E-state index in [-0.39, 0.29) is 11.8 Å². The molecule has 1 aliphatic heterocycles. The SMILES string of the molecule is Cc1cc(C(=O)N2CCC(C)C(O)C2)oc1C. The van der Waals surface area contributed by atoms with Crippen molar-refractivity contribution < 1.29 is 14.3 Å². The summed E-state index contributed by atoms with van der Waals surface area (Å²) in [5, 5.41) is 9.78. The number of carbonyl (C=O) groups excluding carboxylic acids is 1. The summed E-state index contributed by atoms with van der Waals surface area (Å²) >= 11 is 0. The van der Waals surface area contributed by atoms with Crippen LogP contribution in [0.5, 0.6) is 0 Å². The third kappa shape index (κ3) is 2.36. The van der Waals surface area contributed by atoms with Gasteiger partial charge in [0.2, 0.25) is 0 Å². The lowest BCUT2D eigenvalue weighted by molar-refractivity contribution is 0.0230. The number of carbonyl (C=O) groups is 1. The first kappa shape index (κ1) is 12.2. The summed E-state index contributed by atoms with van der Waals surface area (Å²) in [6.07, 6.45) is 0.413. The fourth-order valence-electron chi connectivity index (χ4n) is 2.07. The quantitative estimate of drug-likeness (QED) is 0.809. The van der Waals surface area contributed by atoms with Gasteiger partial charge >= 0.3 is 0 Å². The topological polar surface area (TPSA) is 53.7 Å². The Morgan fingerprint density at radius 2 is 2.24 bits per heavy atom. The van der Waals surface area contributed by atoms with E-state index in [2.05, 4.69) is 0 Å². The Morgan fingerprint density at radius 1 is 1.53 bits per heavy atom. The zero-order valence-electron chi connectivity index (χ0n) is 10.6. The number of hydrogen-bond donors (Lipinski definition) is 1. The van der Waals surface area contributed by atoms with E-state index in [9.17, 15) is 9.90 Å². The van der Waals surface area contributed by atoms with E-state index in [0.717, 1.165) is 17.7 Å². The third-order valence-corrected chi connectivity index (χ3v) is 3.58. The molecule has 4 nitrogen and oxygen atoms in total. The van der Waals surface area contributed by atoms with Crippen LogP contribution in [-0.2, 0) is 0 Å². The molecule has 2 atom stereocenters. The van der Waals surface area contributed by atoms with Crippen molar-refractivity contribution >= 4 is 5.91 Å². The van der Waals surface area contributed by atoms with E-state index in [4.69, 9.17) is 4.42 Å². The molecular formula is C13H19NO3. The van der Waals surface area contributed by atoms with Gasteiger partial charge < -0.3 is 14.4 Å². The minimum atomic E-state index is -0.426. The predicted molar refractivity (Wildman–Crippen MR) is 63.9 cm³/mol. The second-order valence-electron chi connectivity index (χ2n) is 4.93. The van der Waals surface area contributed by atoms with E-state index in [0.29, 0.717) is 18.8 Å². The first-order chi connectivity index (χ1) is 7.99. The molecule has 0 saturated carbocycles. The van der Waals surface area contributed by atoms with Gasteiger partial charge in [-0.1, -0.05) is 6.92 Å². The Kier molecular flexibility index (Phi) is 3.24. The number of β-amino-alcohol motifs (C(OH)–C–C–N with tert-alkyl or cyclic N) is 1. The molecule has 2 unspecified atom stereocenters. The second kappa shape index (κ2) is 4.53. The van der Waals surface area contributed by atoms with Crippen LogP contribution in [0.15, 0.2) is 10.5 Å². The van der Waals surface area contributed by atoms with E-state index in [1.807, 2.05) is 20.8 Å². The molecule has 1 aromatic rings. The summed E-state index contributed by atoms with van der Waals surface area (Å²) < 4.78 is 5.42. The molecule has 94 valence electrons. The summed E-state index contributed by atoms with van der Waals surface area (Å²) in [5.41, 5.74) is 0.985. The van der Waals surface area contributed by atoms with Gasteiger partial charge in [-0.05, 0) is 37.8 Å². The van der Waals surface area contributed by atoms with Crippen molar-refractivity contribution in [1.82, 2.24) is 4.90 Å². The molecule has 1 saturated heterocycles. The monoisotopic (exact) mass is 237 g/mol. The number of hydrogen-bond acceptors (Lipinski definition) is 3. The third-order valence-electron chi connectivity index (χ3n) is 3.58. The van der Waals surface area contributed by atoms with Crippen LogP contribution >= 0.6 is 0 Å². The van der Waals surface area contributed by atoms with Crippen LogP contribution in [0.2, 0.25) is 0 Å². The van der Waals surface area contributed by atoms with Crippen molar-refractivity contribution in [3.63, 3.8) is 0 Å². The molecule has 1 aromatic heterocycles. The van der Waals surface area contributed by atoms with Crippen LogP contribution in [0.25, 0.3) is 0 Å². The number of amides is 1. The predicted octanol–water partition coefficient (Wildman–Crippen LogP) is 1.74. The molecule has 17 heavy (non-hydrogen) atoms. The number of furan rings is 1. The van der Waals surface area contributed by atoms with Gasteiger partial charge in [0, 0.05) is 13.1 Å². The Balaban J connectivity index is 2.10. The number of aliphatic hydroxyl groups excluding tert-OH is 1. The fraction of sp³-hybridized carbons (Fsp3) is 0.615. The molecule has 2 rings (SSSR count). The van der Waals surface area contributed by atoms with Crippen molar-refractivity contribution in [2.75, 3.05) is 13.1 Å². The second-order valence-corrected chi connectivity index (χ2v) is 4.93. The summed E-state index contributed by atoms with van der Waals surface area (Å²) in [7, 11) is 0. The summed E-state index contributed by atoms with van der Waals surface area (Å²) in [6, 6.07) is 1.77. The Hall–Kier alpha value is -1.29. The highest BCUT2D eigenvalue weighted by Gasteiger charge is 2.29. The van der Waals surface area contributed by atoms with Crippen molar-refractivity contribution in [1.29, 1.82) is 0 Å². The minimum Gasteiger partial charge on any atom is -0.456 e. The fourth-order valence-corrected chi connectivity index (χ4v) is 2.07. The van der Waals surface area contributed by atoms with Gasteiger partial charge in [-0.2, -0.15) is 0 Å². The maximum Gasteiger partial charge on any atom is 0.289 e. The maximum absolute atomic E-state index is 12.1. The Bertz CT molecular complexity index is 405. The van der Waals surface area contributed by atoms with Gasteiger partial charge in [0.25, 0.3) is 5.91 Å². The van der Waals surface area contributed by atoms with Gasteiger partial charge in [0.05, 0.1) is 6.10 Å². The van der Waals surface area contributed by atoms with Crippen molar-refractivity contribution in [2.45, 2.75) is 33.3 Å². The molecule has 0 aromatic carbocycles. The van der Waals surface area contributed by atoms with Crippen LogP contribution in [-0.4, -0.2) is 35.1 Å². The maximum atomic E-state index is 12.1. The number of nitrogens with zero attached hydrogens (tertiary/aromatic N) is 1. The van der Waals surface area contributed by atoms with Gasteiger partial charge in [0.15, 0.2) is 5.76 Å². The molecule has 1 aliphatic rings. The largest absolute Gasteiger partial charge is 0.456 e. The van der Waals surface area contributed by atoms with Gasteiger partial charge in [0.1, 0.15) is 5.76 Å². The van der Waals surface area contributed by atoms with E-state index < -0.39 is 6.10 Å². The smallest absolute Gasteiger partial charge is 0.289 e. The van der Waals surface area contributed by atoms with Crippen LogP contribution in [0.4, 0.5) is 0 Å². The van der Waals surface area contributed by atoms with Crippen LogP contribution < -0.4 is 0 Å². The van der Waals surface area contributed by atoms with Crippen molar-refractivity contribution in [3.05, 3.63) is 23.2 Å². The number of rotatable bonds is 1. The molecular weight excluding hydrogens is 218 g/mol. The van der Waals surface area contributed by atoms with Gasteiger partial charge in [-0.25, -0.2) is 0 Å². The standard InChI is InChI=1S/C13H19NO3/c1-8-4-5-14(7-11(8)15)13(16)12-6-9(2)10(3)17-12/h6,8,11,15H,4-5,7H2,1-3H3. The van der Waals surface area contributed by atoms with Gasteiger partial charge in [-0.15, -0.1) is 0 Å². The number of piperidine rings is 1. The van der Waals surface area contributed by atoms with E-state index in [1.54, 1.807) is 11.0 Å². The summed E-state index contributed by atoms with van der Waals surface area (Å²) in [5.74, 6) is 1.30. The molecule has 0 bridgehead atoms. The number of aryl methyl sites for hydroxylation is 2. The minimum absolute atomic E-state index is 0.118. The molecule has 1 amide bonds. The Labute approximate surface area is 101 Å².